The van der Waals surface area contributed by atoms with Crippen molar-refractivity contribution in [2.45, 2.75) is 25.4 Å². The average Bonchev–Trinajstić information content (AvgIpc) is 2.94. The largest absolute Gasteiger partial charge is 0.445 e. The highest BCUT2D eigenvalue weighted by Crippen LogP contribution is 2.34. The molecule has 0 aliphatic carbocycles. The molecule has 1 aliphatic rings. The summed E-state index contributed by atoms with van der Waals surface area (Å²) in [6.07, 6.45) is -1.11. The number of alkyl halides is 3. The maximum Gasteiger partial charge on any atom is 0.445 e. The Hall–Kier alpha value is -0.930. The second kappa shape index (κ2) is 7.37. The smallest absolute Gasteiger partial charge is 0.344 e. The van der Waals surface area contributed by atoms with Gasteiger partial charge in [0.05, 0.1) is 0 Å². The highest BCUT2D eigenvalue weighted by atomic mass is 32.1. The summed E-state index contributed by atoms with van der Waals surface area (Å²) in [6, 6.07) is 0. The number of aromatic nitrogens is 2. The lowest BCUT2D eigenvalue weighted by Crippen LogP contribution is -2.46. The van der Waals surface area contributed by atoms with E-state index in [4.69, 9.17) is 5.73 Å². The van der Waals surface area contributed by atoms with E-state index in [1.165, 1.54) is 0 Å². The number of hydrogen-bond donors (Lipinski definition) is 1. The fourth-order valence-electron chi connectivity index (χ4n) is 2.28. The van der Waals surface area contributed by atoms with Crippen LogP contribution in [0.25, 0.3) is 0 Å². The quantitative estimate of drug-likeness (QED) is 0.809. The number of hydrogen-bond acceptors (Lipinski definition) is 6. The minimum absolute atomic E-state index is 0.366. The van der Waals surface area contributed by atoms with Gasteiger partial charge in [-0.2, -0.15) is 13.2 Å². The second-order valence-electron chi connectivity index (χ2n) is 5.07. The van der Waals surface area contributed by atoms with Crippen molar-refractivity contribution in [3.05, 3.63) is 5.01 Å². The molecular weight excluding hydrogens is 303 g/mol. The first-order chi connectivity index (χ1) is 10.0. The molecule has 2 heterocycles. The van der Waals surface area contributed by atoms with Crippen molar-refractivity contribution >= 4 is 16.5 Å². The normalized spacial score (nSPS) is 17.4. The van der Waals surface area contributed by atoms with Gasteiger partial charge in [-0.1, -0.05) is 17.8 Å². The first-order valence-electron chi connectivity index (χ1n) is 7.09. The molecule has 2 rings (SSSR count). The highest BCUT2D eigenvalue weighted by molar-refractivity contribution is 7.15. The first-order valence-corrected chi connectivity index (χ1v) is 7.90. The van der Waals surface area contributed by atoms with Crippen LogP contribution in [0, 0.1) is 0 Å². The SMILES string of the molecule is NCCCCCN1CCN(c2nnc(C(F)(F)F)s2)CC1. The topological polar surface area (TPSA) is 58.3 Å². The molecule has 0 bridgehead atoms. The Labute approximate surface area is 125 Å². The van der Waals surface area contributed by atoms with Crippen LogP contribution < -0.4 is 10.6 Å². The Kier molecular flexibility index (Phi) is 5.77. The first kappa shape index (κ1) is 16.4. The average molecular weight is 323 g/mol. The van der Waals surface area contributed by atoms with E-state index in [0.717, 1.165) is 45.4 Å². The summed E-state index contributed by atoms with van der Waals surface area (Å²) >= 11 is 0.618. The summed E-state index contributed by atoms with van der Waals surface area (Å²) in [5.41, 5.74) is 5.45. The number of piperazine rings is 1. The lowest BCUT2D eigenvalue weighted by molar-refractivity contribution is -0.138. The summed E-state index contributed by atoms with van der Waals surface area (Å²) in [6.45, 7) is 4.85. The van der Waals surface area contributed by atoms with E-state index in [2.05, 4.69) is 15.1 Å². The molecule has 5 nitrogen and oxygen atoms in total. The zero-order valence-corrected chi connectivity index (χ0v) is 12.6. The number of halogens is 3. The molecule has 1 aliphatic heterocycles. The van der Waals surface area contributed by atoms with Gasteiger partial charge >= 0.3 is 6.18 Å². The lowest BCUT2D eigenvalue weighted by atomic mass is 10.2. The van der Waals surface area contributed by atoms with Crippen molar-refractivity contribution in [2.24, 2.45) is 5.73 Å². The number of nitrogens with zero attached hydrogens (tertiary/aromatic N) is 4. The van der Waals surface area contributed by atoms with Gasteiger partial charge in [0.25, 0.3) is 0 Å². The molecule has 0 atom stereocenters. The standard InChI is InChI=1S/C12H20F3N5S/c13-12(14,15)10-17-18-11(21-10)20-8-6-19(7-9-20)5-3-1-2-4-16/h1-9,16H2. The van der Waals surface area contributed by atoms with Gasteiger partial charge in [0.15, 0.2) is 0 Å². The molecule has 1 saturated heterocycles. The van der Waals surface area contributed by atoms with Crippen LogP contribution in [0.1, 0.15) is 24.3 Å². The molecule has 0 unspecified atom stereocenters. The molecule has 0 aromatic carbocycles. The van der Waals surface area contributed by atoms with Crippen LogP contribution in [-0.4, -0.2) is 54.4 Å². The van der Waals surface area contributed by atoms with E-state index in [1.54, 1.807) is 0 Å². The Morgan fingerprint density at radius 1 is 1.05 bits per heavy atom. The van der Waals surface area contributed by atoms with Crippen molar-refractivity contribution in [1.82, 2.24) is 15.1 Å². The summed E-state index contributed by atoms with van der Waals surface area (Å²) in [7, 11) is 0. The van der Waals surface area contributed by atoms with Crippen molar-refractivity contribution in [1.29, 1.82) is 0 Å². The third-order valence-corrected chi connectivity index (χ3v) is 4.51. The fourth-order valence-corrected chi connectivity index (χ4v) is 3.04. The van der Waals surface area contributed by atoms with Crippen LogP contribution >= 0.6 is 11.3 Å². The third-order valence-electron chi connectivity index (χ3n) is 3.48. The molecule has 0 saturated carbocycles. The van der Waals surface area contributed by atoms with Gasteiger partial charge in [-0.05, 0) is 25.9 Å². The predicted molar refractivity (Wildman–Crippen MR) is 76.5 cm³/mol. The van der Waals surface area contributed by atoms with Crippen molar-refractivity contribution < 1.29 is 13.2 Å². The molecule has 2 N–H and O–H groups in total. The molecule has 0 radical (unpaired) electrons. The predicted octanol–water partition coefficient (Wildman–Crippen LogP) is 1.81. The van der Waals surface area contributed by atoms with Crippen molar-refractivity contribution in [3.63, 3.8) is 0 Å². The fraction of sp³-hybridized carbons (Fsp3) is 0.833. The molecule has 9 heteroatoms. The number of nitrogens with two attached hydrogens (primary N) is 1. The molecule has 1 aromatic heterocycles. The van der Waals surface area contributed by atoms with Crippen LogP contribution in [0.4, 0.5) is 18.3 Å². The van der Waals surface area contributed by atoms with Gasteiger partial charge in [-0.3, -0.25) is 4.90 Å². The second-order valence-corrected chi connectivity index (χ2v) is 6.02. The van der Waals surface area contributed by atoms with Crippen LogP contribution in [0.3, 0.4) is 0 Å². The molecular formula is C12H20F3N5S. The van der Waals surface area contributed by atoms with Gasteiger partial charge in [0, 0.05) is 26.2 Å². The Bertz CT molecular complexity index is 429. The molecule has 21 heavy (non-hydrogen) atoms. The third kappa shape index (κ3) is 4.79. The lowest BCUT2D eigenvalue weighted by Gasteiger charge is -2.34. The van der Waals surface area contributed by atoms with E-state index >= 15 is 0 Å². The van der Waals surface area contributed by atoms with Crippen LogP contribution in [0.2, 0.25) is 0 Å². The maximum atomic E-state index is 12.5. The molecule has 0 amide bonds. The van der Waals surface area contributed by atoms with E-state index in [1.807, 2.05) is 4.90 Å². The van der Waals surface area contributed by atoms with E-state index in [9.17, 15) is 13.2 Å². The Morgan fingerprint density at radius 2 is 1.76 bits per heavy atom. The van der Waals surface area contributed by atoms with Crippen molar-refractivity contribution in [2.75, 3.05) is 44.2 Å². The molecule has 1 fully saturated rings. The van der Waals surface area contributed by atoms with Crippen molar-refractivity contribution in [3.8, 4) is 0 Å². The number of anilines is 1. The zero-order valence-electron chi connectivity index (χ0n) is 11.8. The summed E-state index contributed by atoms with van der Waals surface area (Å²) < 4.78 is 37.5. The van der Waals surface area contributed by atoms with Crippen LogP contribution in [-0.2, 0) is 6.18 Å². The summed E-state index contributed by atoms with van der Waals surface area (Å²) in [4.78, 5) is 4.21. The molecule has 120 valence electrons. The number of unbranched alkanes of at least 4 members (excludes halogenated alkanes) is 2. The van der Waals surface area contributed by atoms with Crippen LogP contribution in [0.15, 0.2) is 0 Å². The zero-order chi connectivity index (χ0) is 15.3. The number of rotatable bonds is 6. The highest BCUT2D eigenvalue weighted by Gasteiger charge is 2.36. The van der Waals surface area contributed by atoms with E-state index in [0.29, 0.717) is 29.6 Å². The van der Waals surface area contributed by atoms with Crippen LogP contribution in [0.5, 0.6) is 0 Å². The summed E-state index contributed by atoms with van der Waals surface area (Å²) in [5.74, 6) is 0. The van der Waals surface area contributed by atoms with Gasteiger partial charge < -0.3 is 10.6 Å². The van der Waals surface area contributed by atoms with Gasteiger partial charge in [-0.15, -0.1) is 10.2 Å². The van der Waals surface area contributed by atoms with Gasteiger partial charge in [0.1, 0.15) is 0 Å². The Balaban J connectivity index is 1.77. The summed E-state index contributed by atoms with van der Waals surface area (Å²) in [5, 5.41) is 6.38. The minimum atomic E-state index is -4.40. The Morgan fingerprint density at radius 3 is 2.33 bits per heavy atom. The van der Waals surface area contributed by atoms with Gasteiger partial charge in [-0.25, -0.2) is 0 Å². The van der Waals surface area contributed by atoms with E-state index in [-0.39, 0.29) is 0 Å². The van der Waals surface area contributed by atoms with E-state index < -0.39 is 11.2 Å². The minimum Gasteiger partial charge on any atom is -0.344 e. The molecule has 1 aromatic rings. The monoisotopic (exact) mass is 323 g/mol. The molecule has 0 spiro atoms. The van der Waals surface area contributed by atoms with Gasteiger partial charge in [0.2, 0.25) is 10.1 Å². The maximum absolute atomic E-state index is 12.5.